The van der Waals surface area contributed by atoms with Gasteiger partial charge < -0.3 is 14.6 Å². The van der Waals surface area contributed by atoms with Crippen molar-refractivity contribution in [2.45, 2.75) is 27.7 Å². The molecule has 0 unspecified atom stereocenters. The lowest BCUT2D eigenvalue weighted by atomic mass is 10.0. The SMILES string of the molecule is CCOC(=O)c1ccc(Nc2nc(-c3cccc(N4CCN(c5cc(C)cc(C)c5)C4=O)c3C)cn(C)c2=O)cc1. The molecule has 0 aliphatic carbocycles. The Balaban J connectivity index is 1.43. The van der Waals surface area contributed by atoms with Crippen LogP contribution in [0.1, 0.15) is 34.0 Å². The second kappa shape index (κ2) is 11.3. The molecule has 1 aromatic heterocycles. The average Bonchev–Trinajstić information content (AvgIpc) is 3.32. The topological polar surface area (TPSA) is 96.8 Å². The van der Waals surface area contributed by atoms with E-state index in [4.69, 9.17) is 4.74 Å². The Bertz CT molecular complexity index is 1670. The zero-order chi connectivity index (χ0) is 29.3. The molecule has 0 spiro atoms. The molecule has 1 fully saturated rings. The zero-order valence-electron chi connectivity index (χ0n) is 23.9. The Labute approximate surface area is 239 Å². The van der Waals surface area contributed by atoms with Gasteiger partial charge in [-0.2, -0.15) is 0 Å². The molecule has 4 aromatic rings. The number of amides is 2. The molecule has 41 heavy (non-hydrogen) atoms. The van der Waals surface area contributed by atoms with Gasteiger partial charge in [-0.15, -0.1) is 0 Å². The Kier molecular flexibility index (Phi) is 7.61. The van der Waals surface area contributed by atoms with Crippen LogP contribution in [0.5, 0.6) is 0 Å². The van der Waals surface area contributed by atoms with Gasteiger partial charge in [0.2, 0.25) is 0 Å². The largest absolute Gasteiger partial charge is 0.462 e. The predicted molar refractivity (Wildman–Crippen MR) is 161 cm³/mol. The number of nitrogens with one attached hydrogen (secondary N) is 1. The van der Waals surface area contributed by atoms with Gasteiger partial charge in [-0.3, -0.25) is 14.6 Å². The molecule has 1 aliphatic rings. The van der Waals surface area contributed by atoms with Gasteiger partial charge >= 0.3 is 12.0 Å². The number of esters is 1. The molecule has 1 aliphatic heterocycles. The Morgan fingerprint density at radius 3 is 2.32 bits per heavy atom. The van der Waals surface area contributed by atoms with Gasteiger partial charge in [-0.05, 0) is 86.8 Å². The molecule has 0 radical (unpaired) electrons. The average molecular weight is 552 g/mol. The fourth-order valence-corrected chi connectivity index (χ4v) is 5.16. The van der Waals surface area contributed by atoms with E-state index in [-0.39, 0.29) is 17.4 Å². The summed E-state index contributed by atoms with van der Waals surface area (Å²) < 4.78 is 6.51. The first kappa shape index (κ1) is 27.6. The molecule has 1 N–H and O–H groups in total. The normalized spacial score (nSPS) is 13.0. The van der Waals surface area contributed by atoms with Crippen molar-refractivity contribution in [2.24, 2.45) is 7.05 Å². The van der Waals surface area contributed by atoms with Crippen molar-refractivity contribution in [3.63, 3.8) is 0 Å². The lowest BCUT2D eigenvalue weighted by Gasteiger charge is -2.22. The molecule has 210 valence electrons. The number of benzene rings is 3. The first-order chi connectivity index (χ1) is 19.7. The molecule has 3 aromatic carbocycles. The molecular weight excluding hydrogens is 518 g/mol. The molecule has 0 atom stereocenters. The molecule has 2 amide bonds. The Morgan fingerprint density at radius 1 is 0.951 bits per heavy atom. The maximum absolute atomic E-state index is 13.5. The number of rotatable bonds is 7. The summed E-state index contributed by atoms with van der Waals surface area (Å²) in [6.07, 6.45) is 1.69. The van der Waals surface area contributed by atoms with Crippen LogP contribution in [-0.2, 0) is 11.8 Å². The van der Waals surface area contributed by atoms with Crippen molar-refractivity contribution < 1.29 is 14.3 Å². The quantitative estimate of drug-likeness (QED) is 0.294. The molecule has 0 saturated carbocycles. The van der Waals surface area contributed by atoms with Crippen molar-refractivity contribution in [1.82, 2.24) is 9.55 Å². The number of carbonyl (C=O) groups excluding carboxylic acids is 2. The minimum atomic E-state index is -0.404. The first-order valence-electron chi connectivity index (χ1n) is 13.6. The number of urea groups is 1. The maximum atomic E-state index is 13.5. The van der Waals surface area contributed by atoms with E-state index in [1.165, 1.54) is 4.57 Å². The Hall–Kier alpha value is -4.92. The molecule has 9 nitrogen and oxygen atoms in total. The highest BCUT2D eigenvalue weighted by Crippen LogP contribution is 2.33. The van der Waals surface area contributed by atoms with Crippen molar-refractivity contribution in [2.75, 3.05) is 34.8 Å². The third kappa shape index (κ3) is 5.56. The minimum absolute atomic E-state index is 0.0720. The minimum Gasteiger partial charge on any atom is -0.462 e. The molecule has 9 heteroatoms. The highest BCUT2D eigenvalue weighted by Gasteiger charge is 2.32. The van der Waals surface area contributed by atoms with Crippen LogP contribution in [-0.4, -0.2) is 41.2 Å². The van der Waals surface area contributed by atoms with Crippen LogP contribution < -0.4 is 20.7 Å². The van der Waals surface area contributed by atoms with Crippen LogP contribution in [0, 0.1) is 20.8 Å². The van der Waals surface area contributed by atoms with Gasteiger partial charge in [-0.25, -0.2) is 14.6 Å². The zero-order valence-corrected chi connectivity index (χ0v) is 23.9. The van der Waals surface area contributed by atoms with E-state index in [1.807, 2.05) is 56.0 Å². The Morgan fingerprint density at radius 2 is 1.63 bits per heavy atom. The predicted octanol–water partition coefficient (Wildman–Crippen LogP) is 5.74. The number of anilines is 4. The van der Waals surface area contributed by atoms with Crippen LogP contribution in [0.15, 0.2) is 71.7 Å². The van der Waals surface area contributed by atoms with Crippen LogP contribution in [0.25, 0.3) is 11.3 Å². The fraction of sp³-hybridized carbons (Fsp3) is 0.250. The van der Waals surface area contributed by atoms with Gasteiger partial charge in [0, 0.05) is 49.0 Å². The van der Waals surface area contributed by atoms with E-state index < -0.39 is 5.97 Å². The summed E-state index contributed by atoms with van der Waals surface area (Å²) in [5.41, 5.74) is 6.97. The summed E-state index contributed by atoms with van der Waals surface area (Å²) >= 11 is 0. The number of hydrogen-bond acceptors (Lipinski definition) is 6. The van der Waals surface area contributed by atoms with Crippen LogP contribution in [0.2, 0.25) is 0 Å². The van der Waals surface area contributed by atoms with E-state index in [2.05, 4.69) is 16.4 Å². The highest BCUT2D eigenvalue weighted by atomic mass is 16.5. The maximum Gasteiger partial charge on any atom is 0.338 e. The molecule has 2 heterocycles. The number of carbonyl (C=O) groups is 2. The van der Waals surface area contributed by atoms with Crippen molar-refractivity contribution in [3.05, 3.63) is 99.5 Å². The summed E-state index contributed by atoms with van der Waals surface area (Å²) in [5.74, 6) is -0.254. The van der Waals surface area contributed by atoms with Gasteiger partial charge in [0.25, 0.3) is 5.56 Å². The summed E-state index contributed by atoms with van der Waals surface area (Å²) in [7, 11) is 1.67. The van der Waals surface area contributed by atoms with Gasteiger partial charge in [0.05, 0.1) is 17.9 Å². The number of ether oxygens (including phenoxy) is 1. The number of nitrogens with zero attached hydrogens (tertiary/aromatic N) is 4. The fourth-order valence-electron chi connectivity index (χ4n) is 5.16. The molecular formula is C32H33N5O4. The van der Waals surface area contributed by atoms with Crippen molar-refractivity contribution in [3.8, 4) is 11.3 Å². The van der Waals surface area contributed by atoms with Crippen LogP contribution >= 0.6 is 0 Å². The van der Waals surface area contributed by atoms with Crippen molar-refractivity contribution >= 4 is 34.9 Å². The monoisotopic (exact) mass is 551 g/mol. The summed E-state index contributed by atoms with van der Waals surface area (Å²) in [6, 6.07) is 18.5. The summed E-state index contributed by atoms with van der Waals surface area (Å²) in [5, 5.41) is 3.08. The molecule has 5 rings (SSSR count). The van der Waals surface area contributed by atoms with E-state index in [9.17, 15) is 14.4 Å². The second-order valence-electron chi connectivity index (χ2n) is 10.2. The van der Waals surface area contributed by atoms with Gasteiger partial charge in [0.15, 0.2) is 5.82 Å². The lowest BCUT2D eigenvalue weighted by molar-refractivity contribution is 0.0526. The third-order valence-corrected chi connectivity index (χ3v) is 7.13. The van der Waals surface area contributed by atoms with E-state index in [0.717, 1.165) is 33.6 Å². The number of aromatic nitrogens is 2. The van der Waals surface area contributed by atoms with E-state index in [1.54, 1.807) is 49.3 Å². The lowest BCUT2D eigenvalue weighted by Crippen LogP contribution is -2.32. The smallest absolute Gasteiger partial charge is 0.338 e. The second-order valence-corrected chi connectivity index (χ2v) is 10.2. The van der Waals surface area contributed by atoms with Crippen molar-refractivity contribution in [1.29, 1.82) is 0 Å². The number of aryl methyl sites for hydroxylation is 3. The summed E-state index contributed by atoms with van der Waals surface area (Å²) in [4.78, 5) is 46.7. The molecule has 1 saturated heterocycles. The first-order valence-corrected chi connectivity index (χ1v) is 13.6. The molecule has 0 bridgehead atoms. The standard InChI is InChI=1S/C32H33N5O4/c1-6-41-31(39)23-10-12-24(13-11-23)33-29-30(38)35(5)19-27(34-29)26-8-7-9-28(22(26)4)37-15-14-36(32(37)40)25-17-20(2)16-21(3)18-25/h7-13,16-19H,6,14-15H2,1-5H3,(H,33,34). The highest BCUT2D eigenvalue weighted by molar-refractivity contribution is 6.07. The van der Waals surface area contributed by atoms with E-state index in [0.29, 0.717) is 36.6 Å². The third-order valence-electron chi connectivity index (χ3n) is 7.13. The van der Waals surface area contributed by atoms with E-state index >= 15 is 0 Å². The van der Waals surface area contributed by atoms with Gasteiger partial charge in [0.1, 0.15) is 0 Å². The summed E-state index contributed by atoms with van der Waals surface area (Å²) in [6.45, 7) is 9.23. The number of hydrogen-bond donors (Lipinski definition) is 1. The van der Waals surface area contributed by atoms with Gasteiger partial charge in [-0.1, -0.05) is 18.2 Å². The van der Waals surface area contributed by atoms with Crippen LogP contribution in [0.3, 0.4) is 0 Å². The van der Waals surface area contributed by atoms with Crippen LogP contribution in [0.4, 0.5) is 27.7 Å².